The lowest BCUT2D eigenvalue weighted by Gasteiger charge is -2.27. The number of nitrogens with one attached hydrogen (secondary N) is 1. The van der Waals surface area contributed by atoms with Crippen LogP contribution in [0.4, 0.5) is 5.95 Å². The summed E-state index contributed by atoms with van der Waals surface area (Å²) in [5.41, 5.74) is 2.27. The summed E-state index contributed by atoms with van der Waals surface area (Å²) in [4.78, 5) is 6.96. The minimum Gasteiger partial charge on any atom is -0.359 e. The number of imidazole rings is 1. The first-order chi connectivity index (χ1) is 10.8. The van der Waals surface area contributed by atoms with Crippen LogP contribution in [-0.2, 0) is 6.54 Å². The fraction of sp³-hybridized carbons (Fsp3) is 0.529. The lowest BCUT2D eigenvalue weighted by atomic mass is 9.95. The largest absolute Gasteiger partial charge is 0.359 e. The van der Waals surface area contributed by atoms with E-state index in [1.807, 2.05) is 6.07 Å². The van der Waals surface area contributed by atoms with E-state index in [4.69, 9.17) is 17.2 Å². The molecule has 0 radical (unpaired) electrons. The van der Waals surface area contributed by atoms with Crippen LogP contribution in [0.3, 0.4) is 0 Å². The van der Waals surface area contributed by atoms with E-state index >= 15 is 0 Å². The maximum absolute atomic E-state index is 5.71. The van der Waals surface area contributed by atoms with Crippen LogP contribution in [0.25, 0.3) is 11.0 Å². The fourth-order valence-electron chi connectivity index (χ4n) is 4.64. The van der Waals surface area contributed by atoms with Gasteiger partial charge in [-0.2, -0.15) is 0 Å². The van der Waals surface area contributed by atoms with E-state index in [2.05, 4.69) is 33.0 Å². The van der Waals surface area contributed by atoms with Gasteiger partial charge >= 0.3 is 0 Å². The van der Waals surface area contributed by atoms with Gasteiger partial charge in [-0.3, -0.25) is 4.90 Å². The summed E-state index contributed by atoms with van der Waals surface area (Å²) in [5.74, 6) is 2.78. The van der Waals surface area contributed by atoms with Gasteiger partial charge in [0.2, 0.25) is 5.95 Å². The Kier molecular flexibility index (Phi) is 2.74. The van der Waals surface area contributed by atoms with Gasteiger partial charge in [0.1, 0.15) is 0 Å². The third kappa shape index (κ3) is 1.81. The van der Waals surface area contributed by atoms with Crippen molar-refractivity contribution < 1.29 is 0 Å². The maximum Gasteiger partial charge on any atom is 0.213 e. The molecule has 1 N–H and O–H groups in total. The van der Waals surface area contributed by atoms with Crippen molar-refractivity contribution in [3.8, 4) is 0 Å². The Balaban J connectivity index is 1.40. The van der Waals surface area contributed by atoms with Crippen molar-refractivity contribution in [2.45, 2.75) is 38.3 Å². The lowest BCUT2D eigenvalue weighted by molar-refractivity contribution is 0.390. The molecule has 0 unspecified atom stereocenters. The molecule has 1 aliphatic heterocycles. The summed E-state index contributed by atoms with van der Waals surface area (Å²) in [6.07, 6.45) is 5.51. The number of rotatable bonds is 1. The molecule has 2 aliphatic carbocycles. The highest BCUT2D eigenvalue weighted by atomic mass is 32.1. The highest BCUT2D eigenvalue weighted by Crippen LogP contribution is 2.44. The molecule has 2 aromatic rings. The second kappa shape index (κ2) is 4.69. The summed E-state index contributed by atoms with van der Waals surface area (Å²) < 4.78 is 2.28. The topological polar surface area (TPSA) is 33.1 Å². The molecule has 0 spiro atoms. The molecule has 5 heteroatoms. The van der Waals surface area contributed by atoms with Crippen molar-refractivity contribution in [3.05, 3.63) is 24.3 Å². The average molecular weight is 312 g/mol. The monoisotopic (exact) mass is 312 g/mol. The van der Waals surface area contributed by atoms with Crippen LogP contribution in [-0.4, -0.2) is 27.3 Å². The van der Waals surface area contributed by atoms with E-state index in [-0.39, 0.29) is 0 Å². The van der Waals surface area contributed by atoms with Crippen LogP contribution in [0.15, 0.2) is 24.3 Å². The second-order valence-electron chi connectivity index (χ2n) is 6.93. The van der Waals surface area contributed by atoms with E-state index in [1.165, 1.54) is 31.2 Å². The third-order valence-corrected chi connectivity index (χ3v) is 6.05. The standard InChI is InChI=1S/C17H20N4S/c22-17(19-14-10-11-5-6-12(14)9-11)21-8-7-20-15-4-2-1-3-13(15)18-16(20)21/h1-4,11-12,14H,5-10H2,(H,19,22)/t11-,12+,14+/m0/s1. The number of benzene rings is 1. The second-order valence-corrected chi connectivity index (χ2v) is 7.32. The summed E-state index contributed by atoms with van der Waals surface area (Å²) >= 11 is 5.71. The molecule has 114 valence electrons. The van der Waals surface area contributed by atoms with E-state index in [9.17, 15) is 0 Å². The lowest BCUT2D eigenvalue weighted by Crippen LogP contribution is -2.46. The molecule has 2 bridgehead atoms. The van der Waals surface area contributed by atoms with Gasteiger partial charge in [0.25, 0.3) is 0 Å². The third-order valence-electron chi connectivity index (χ3n) is 5.72. The van der Waals surface area contributed by atoms with Crippen LogP contribution in [0.5, 0.6) is 0 Å². The van der Waals surface area contributed by atoms with E-state index in [0.717, 1.165) is 41.5 Å². The van der Waals surface area contributed by atoms with Gasteiger partial charge in [0.15, 0.2) is 5.11 Å². The summed E-state index contributed by atoms with van der Waals surface area (Å²) in [5, 5.41) is 4.51. The fourth-order valence-corrected chi connectivity index (χ4v) is 4.96. The molecule has 22 heavy (non-hydrogen) atoms. The SMILES string of the molecule is S=C(N[C@@H]1C[C@H]2CC[C@@H]1C2)N1CCn2c1nc1ccccc12. The van der Waals surface area contributed by atoms with Crippen LogP contribution in [0.1, 0.15) is 25.7 Å². The maximum atomic E-state index is 5.71. The molecule has 3 atom stereocenters. The minimum absolute atomic E-state index is 0.588. The van der Waals surface area contributed by atoms with Gasteiger partial charge < -0.3 is 9.88 Å². The molecular weight excluding hydrogens is 292 g/mol. The average Bonchev–Trinajstić information content (AvgIpc) is 3.26. The number of aromatic nitrogens is 2. The molecule has 2 heterocycles. The molecule has 2 fully saturated rings. The van der Waals surface area contributed by atoms with Gasteiger partial charge in [-0.05, 0) is 55.4 Å². The van der Waals surface area contributed by atoms with Gasteiger partial charge in [0.05, 0.1) is 11.0 Å². The first kappa shape index (κ1) is 12.9. The summed E-state index contributed by atoms with van der Waals surface area (Å²) in [6.45, 7) is 1.90. The number of nitrogens with zero attached hydrogens (tertiary/aromatic N) is 3. The van der Waals surface area contributed by atoms with Crippen molar-refractivity contribution >= 4 is 34.3 Å². The molecule has 1 aromatic carbocycles. The number of thiocarbonyl (C=S) groups is 1. The van der Waals surface area contributed by atoms with E-state index < -0.39 is 0 Å². The zero-order valence-corrected chi connectivity index (χ0v) is 13.4. The zero-order chi connectivity index (χ0) is 14.7. The van der Waals surface area contributed by atoms with Crippen LogP contribution in [0.2, 0.25) is 0 Å². The van der Waals surface area contributed by atoms with Gasteiger partial charge in [-0.1, -0.05) is 18.6 Å². The van der Waals surface area contributed by atoms with Crippen LogP contribution in [0, 0.1) is 11.8 Å². The molecular formula is C17H20N4S. The molecule has 4 nitrogen and oxygen atoms in total. The predicted molar refractivity (Wildman–Crippen MR) is 92.0 cm³/mol. The van der Waals surface area contributed by atoms with E-state index in [0.29, 0.717) is 6.04 Å². The quantitative estimate of drug-likeness (QED) is 0.821. The van der Waals surface area contributed by atoms with Gasteiger partial charge in [-0.15, -0.1) is 0 Å². The number of fused-ring (bicyclic) bond motifs is 5. The van der Waals surface area contributed by atoms with Gasteiger partial charge in [-0.25, -0.2) is 4.98 Å². The number of anilines is 1. The Labute approximate surface area is 135 Å². The summed E-state index contributed by atoms with van der Waals surface area (Å²) in [7, 11) is 0. The Morgan fingerprint density at radius 3 is 2.91 bits per heavy atom. The Morgan fingerprint density at radius 2 is 2.09 bits per heavy atom. The molecule has 0 amide bonds. The van der Waals surface area contributed by atoms with Crippen molar-refractivity contribution in [1.29, 1.82) is 0 Å². The van der Waals surface area contributed by atoms with Crippen molar-refractivity contribution in [3.63, 3.8) is 0 Å². The smallest absolute Gasteiger partial charge is 0.213 e. The molecule has 5 rings (SSSR count). The van der Waals surface area contributed by atoms with Crippen molar-refractivity contribution in [2.24, 2.45) is 11.8 Å². The van der Waals surface area contributed by atoms with Gasteiger partial charge in [0, 0.05) is 19.1 Å². The molecule has 1 aromatic heterocycles. The Bertz CT molecular complexity index is 752. The number of para-hydroxylation sites is 2. The summed E-state index contributed by atoms with van der Waals surface area (Å²) in [6, 6.07) is 8.92. The normalized spacial score (nSPS) is 29.3. The Morgan fingerprint density at radius 1 is 1.18 bits per heavy atom. The molecule has 2 saturated carbocycles. The predicted octanol–water partition coefficient (Wildman–Crippen LogP) is 2.92. The van der Waals surface area contributed by atoms with Crippen molar-refractivity contribution in [1.82, 2.24) is 14.9 Å². The van der Waals surface area contributed by atoms with Crippen molar-refractivity contribution in [2.75, 3.05) is 11.4 Å². The first-order valence-corrected chi connectivity index (χ1v) is 8.74. The highest BCUT2D eigenvalue weighted by Gasteiger charge is 2.40. The first-order valence-electron chi connectivity index (χ1n) is 8.33. The van der Waals surface area contributed by atoms with E-state index in [1.54, 1.807) is 0 Å². The highest BCUT2D eigenvalue weighted by molar-refractivity contribution is 7.80. The van der Waals surface area contributed by atoms with Crippen LogP contribution >= 0.6 is 12.2 Å². The number of hydrogen-bond donors (Lipinski definition) is 1. The Hall–Kier alpha value is -1.62. The number of hydrogen-bond acceptors (Lipinski definition) is 2. The minimum atomic E-state index is 0.588. The molecule has 3 aliphatic rings. The zero-order valence-electron chi connectivity index (χ0n) is 12.5. The molecule has 0 saturated heterocycles. The van der Waals surface area contributed by atoms with Crippen LogP contribution < -0.4 is 10.2 Å².